The SMILES string of the molecule is COC(=O)C[C@@H]1COc2cc(O[C@@H]3CCc4c(Oc5ccc(NC(C)=O)cc5)ccc(F)c43)ccc21. The number of benzene rings is 3. The molecule has 3 aromatic rings. The molecule has 0 aromatic heterocycles. The van der Waals surface area contributed by atoms with E-state index in [9.17, 15) is 14.0 Å². The lowest BCUT2D eigenvalue weighted by molar-refractivity contribution is -0.141. The highest BCUT2D eigenvalue weighted by Gasteiger charge is 2.32. The molecule has 0 radical (unpaired) electrons. The van der Waals surface area contributed by atoms with Crippen LogP contribution in [0.15, 0.2) is 54.6 Å². The topological polar surface area (TPSA) is 83.1 Å². The normalized spacial score (nSPS) is 17.5. The first kappa shape index (κ1) is 23.7. The Hall–Kier alpha value is -4.07. The molecule has 0 fully saturated rings. The van der Waals surface area contributed by atoms with Crippen molar-refractivity contribution < 1.29 is 32.9 Å². The molecule has 186 valence electrons. The Morgan fingerprint density at radius 3 is 2.61 bits per heavy atom. The van der Waals surface area contributed by atoms with Gasteiger partial charge in [-0.25, -0.2) is 4.39 Å². The minimum Gasteiger partial charge on any atom is -0.492 e. The minimum absolute atomic E-state index is 0.0573. The third-order valence-corrected chi connectivity index (χ3v) is 6.43. The molecule has 0 bridgehead atoms. The molecular formula is C28H26FNO6. The van der Waals surface area contributed by atoms with E-state index < -0.39 is 6.10 Å². The van der Waals surface area contributed by atoms with Crippen LogP contribution in [-0.4, -0.2) is 25.6 Å². The van der Waals surface area contributed by atoms with Gasteiger partial charge in [0.1, 0.15) is 34.9 Å². The molecule has 3 aromatic carbocycles. The lowest BCUT2D eigenvalue weighted by Gasteiger charge is -2.17. The van der Waals surface area contributed by atoms with E-state index in [4.69, 9.17) is 18.9 Å². The van der Waals surface area contributed by atoms with Crippen LogP contribution in [0.2, 0.25) is 0 Å². The standard InChI is InChI=1S/C28H26FNO6/c1-16(31)30-18-3-5-19(6-4-18)35-24-12-10-23(29)28-22(24)9-11-25(28)36-20-7-8-21-17(13-27(32)33-2)15-34-26(21)14-20/h3-8,10,12,14,17,25H,9,11,13,15H2,1-2H3,(H,30,31)/t17-,25-/m1/s1. The van der Waals surface area contributed by atoms with Crippen LogP contribution in [0.25, 0.3) is 0 Å². The number of carbonyl (C=O) groups is 2. The third kappa shape index (κ3) is 4.84. The van der Waals surface area contributed by atoms with Gasteiger partial charge in [0.2, 0.25) is 5.91 Å². The molecule has 1 N–H and O–H groups in total. The van der Waals surface area contributed by atoms with Crippen LogP contribution in [0.4, 0.5) is 10.1 Å². The van der Waals surface area contributed by atoms with Crippen molar-refractivity contribution in [3.63, 3.8) is 0 Å². The maximum atomic E-state index is 14.9. The van der Waals surface area contributed by atoms with Crippen molar-refractivity contribution in [2.75, 3.05) is 19.0 Å². The van der Waals surface area contributed by atoms with Crippen molar-refractivity contribution in [3.05, 3.63) is 77.1 Å². The highest BCUT2D eigenvalue weighted by molar-refractivity contribution is 5.88. The first-order chi connectivity index (χ1) is 17.4. The number of fused-ring (bicyclic) bond motifs is 2. The van der Waals surface area contributed by atoms with Crippen LogP contribution in [0, 0.1) is 5.82 Å². The number of ether oxygens (including phenoxy) is 4. The summed E-state index contributed by atoms with van der Waals surface area (Å²) in [6.07, 6.45) is 1.01. The molecule has 0 saturated heterocycles. The highest BCUT2D eigenvalue weighted by atomic mass is 19.1. The van der Waals surface area contributed by atoms with Crippen LogP contribution >= 0.6 is 0 Å². The zero-order valence-electron chi connectivity index (χ0n) is 20.0. The molecule has 5 rings (SSSR count). The van der Waals surface area contributed by atoms with Crippen molar-refractivity contribution in [1.82, 2.24) is 0 Å². The van der Waals surface area contributed by atoms with E-state index in [0.29, 0.717) is 53.7 Å². The van der Waals surface area contributed by atoms with E-state index in [2.05, 4.69) is 5.32 Å². The maximum absolute atomic E-state index is 14.9. The molecule has 8 heteroatoms. The van der Waals surface area contributed by atoms with Crippen LogP contribution in [0.3, 0.4) is 0 Å². The van der Waals surface area contributed by atoms with Gasteiger partial charge in [0.25, 0.3) is 0 Å². The summed E-state index contributed by atoms with van der Waals surface area (Å²) >= 11 is 0. The monoisotopic (exact) mass is 491 g/mol. The number of rotatable bonds is 7. The fourth-order valence-electron chi connectivity index (χ4n) is 4.74. The summed E-state index contributed by atoms with van der Waals surface area (Å²) in [7, 11) is 1.37. The number of amides is 1. The lowest BCUT2D eigenvalue weighted by Crippen LogP contribution is -2.09. The fraction of sp³-hybridized carbons (Fsp3) is 0.286. The van der Waals surface area contributed by atoms with E-state index in [-0.39, 0.29) is 30.0 Å². The Balaban J connectivity index is 1.32. The Bertz CT molecular complexity index is 1310. The zero-order chi connectivity index (χ0) is 25.2. The fourth-order valence-corrected chi connectivity index (χ4v) is 4.74. The molecule has 2 atom stereocenters. The van der Waals surface area contributed by atoms with Gasteiger partial charge < -0.3 is 24.3 Å². The lowest BCUT2D eigenvalue weighted by atomic mass is 9.98. The Labute approximate surface area is 208 Å². The number of hydrogen-bond donors (Lipinski definition) is 1. The van der Waals surface area contributed by atoms with Crippen LogP contribution in [-0.2, 0) is 20.7 Å². The van der Waals surface area contributed by atoms with E-state index >= 15 is 0 Å². The maximum Gasteiger partial charge on any atom is 0.306 e. The quantitative estimate of drug-likeness (QED) is 0.428. The first-order valence-electron chi connectivity index (χ1n) is 11.8. The largest absolute Gasteiger partial charge is 0.492 e. The molecule has 7 nitrogen and oxygen atoms in total. The number of methoxy groups -OCH3 is 1. The molecule has 1 amide bonds. The molecule has 1 aliphatic carbocycles. The summed E-state index contributed by atoms with van der Waals surface area (Å²) in [6.45, 7) is 1.85. The van der Waals surface area contributed by atoms with E-state index in [0.717, 1.165) is 11.1 Å². The molecule has 1 aliphatic heterocycles. The zero-order valence-corrected chi connectivity index (χ0v) is 20.0. The molecule has 0 saturated carbocycles. The summed E-state index contributed by atoms with van der Waals surface area (Å²) < 4.78 is 37.7. The predicted molar refractivity (Wildman–Crippen MR) is 130 cm³/mol. The molecule has 2 aliphatic rings. The van der Waals surface area contributed by atoms with Gasteiger partial charge in [-0.3, -0.25) is 9.59 Å². The number of halogens is 1. The van der Waals surface area contributed by atoms with E-state index in [1.807, 2.05) is 12.1 Å². The summed E-state index contributed by atoms with van der Waals surface area (Å²) in [4.78, 5) is 22.9. The van der Waals surface area contributed by atoms with Gasteiger partial charge in [0, 0.05) is 41.3 Å². The number of esters is 1. The van der Waals surface area contributed by atoms with Gasteiger partial charge in [0.15, 0.2) is 0 Å². The van der Waals surface area contributed by atoms with E-state index in [1.165, 1.54) is 20.1 Å². The predicted octanol–water partition coefficient (Wildman–Crippen LogP) is 5.68. The van der Waals surface area contributed by atoms with Crippen molar-refractivity contribution in [1.29, 1.82) is 0 Å². The third-order valence-electron chi connectivity index (χ3n) is 6.43. The summed E-state index contributed by atoms with van der Waals surface area (Å²) in [5.74, 6) is 1.57. The van der Waals surface area contributed by atoms with Crippen molar-refractivity contribution >= 4 is 17.6 Å². The van der Waals surface area contributed by atoms with Gasteiger partial charge in [-0.05, 0) is 55.3 Å². The molecule has 0 unspecified atom stereocenters. The van der Waals surface area contributed by atoms with Crippen LogP contribution in [0.1, 0.15) is 48.5 Å². The van der Waals surface area contributed by atoms with Gasteiger partial charge in [-0.15, -0.1) is 0 Å². The average Bonchev–Trinajstić information content (AvgIpc) is 3.46. The van der Waals surface area contributed by atoms with Crippen LogP contribution < -0.4 is 19.5 Å². The second-order valence-corrected chi connectivity index (χ2v) is 8.88. The summed E-state index contributed by atoms with van der Waals surface area (Å²) in [5.41, 5.74) is 2.88. The van der Waals surface area contributed by atoms with Crippen molar-refractivity contribution in [2.24, 2.45) is 0 Å². The van der Waals surface area contributed by atoms with Gasteiger partial charge in [-0.1, -0.05) is 6.07 Å². The Morgan fingerprint density at radius 2 is 1.86 bits per heavy atom. The molecule has 0 spiro atoms. The Kier molecular flexibility index (Phi) is 6.50. The van der Waals surface area contributed by atoms with Crippen LogP contribution in [0.5, 0.6) is 23.0 Å². The second-order valence-electron chi connectivity index (χ2n) is 8.88. The summed E-state index contributed by atoms with van der Waals surface area (Å²) in [5, 5.41) is 2.71. The Morgan fingerprint density at radius 1 is 1.08 bits per heavy atom. The number of anilines is 1. The number of nitrogens with one attached hydrogen (secondary N) is 1. The smallest absolute Gasteiger partial charge is 0.306 e. The van der Waals surface area contributed by atoms with Gasteiger partial charge in [-0.2, -0.15) is 0 Å². The van der Waals surface area contributed by atoms with E-state index in [1.54, 1.807) is 36.4 Å². The number of hydrogen-bond acceptors (Lipinski definition) is 6. The first-order valence-corrected chi connectivity index (χ1v) is 11.8. The molecule has 1 heterocycles. The molecular weight excluding hydrogens is 465 g/mol. The summed E-state index contributed by atoms with van der Waals surface area (Å²) in [6, 6.07) is 15.5. The number of carbonyl (C=O) groups excluding carboxylic acids is 2. The van der Waals surface area contributed by atoms with Crippen molar-refractivity contribution in [2.45, 2.75) is 38.2 Å². The second kappa shape index (κ2) is 9.89. The highest BCUT2D eigenvalue weighted by Crippen LogP contribution is 2.44. The van der Waals surface area contributed by atoms with Gasteiger partial charge >= 0.3 is 5.97 Å². The minimum atomic E-state index is -0.462. The average molecular weight is 492 g/mol. The van der Waals surface area contributed by atoms with Crippen molar-refractivity contribution in [3.8, 4) is 23.0 Å². The van der Waals surface area contributed by atoms with Gasteiger partial charge in [0.05, 0.1) is 20.1 Å². The molecule has 36 heavy (non-hydrogen) atoms.